The molecular weight excluding hydrogens is 321 g/mol. The Balaban J connectivity index is 2.03. The van der Waals surface area contributed by atoms with Crippen LogP contribution in [0.2, 0.25) is 0 Å². The lowest BCUT2D eigenvalue weighted by Crippen LogP contribution is -1.92. The smallest absolute Gasteiger partial charge is 0.149 e. The van der Waals surface area contributed by atoms with E-state index >= 15 is 0 Å². The summed E-state index contributed by atoms with van der Waals surface area (Å²) in [6.45, 7) is 1.89. The highest BCUT2D eigenvalue weighted by Crippen LogP contribution is 2.32. The normalized spacial score (nSPS) is 10.8. The van der Waals surface area contributed by atoms with Gasteiger partial charge in [-0.05, 0) is 53.2 Å². The van der Waals surface area contributed by atoms with Crippen molar-refractivity contribution >= 4 is 26.8 Å². The molecular formula is C16H11BrFNO. The Morgan fingerprint density at radius 2 is 1.85 bits per heavy atom. The Morgan fingerprint density at radius 3 is 2.65 bits per heavy atom. The molecule has 0 amide bonds. The first-order valence-electron chi connectivity index (χ1n) is 6.13. The third-order valence-electron chi connectivity index (χ3n) is 2.98. The van der Waals surface area contributed by atoms with Crippen LogP contribution in [0.4, 0.5) is 4.39 Å². The molecule has 1 heterocycles. The first-order valence-corrected chi connectivity index (χ1v) is 6.92. The van der Waals surface area contributed by atoms with Crippen LogP contribution in [0.3, 0.4) is 0 Å². The molecule has 3 aromatic rings. The van der Waals surface area contributed by atoms with Gasteiger partial charge >= 0.3 is 0 Å². The minimum absolute atomic E-state index is 0.308. The van der Waals surface area contributed by atoms with Crippen LogP contribution in [-0.4, -0.2) is 4.98 Å². The number of hydrogen-bond acceptors (Lipinski definition) is 2. The lowest BCUT2D eigenvalue weighted by Gasteiger charge is -2.11. The molecule has 0 aliphatic heterocycles. The van der Waals surface area contributed by atoms with Crippen LogP contribution in [-0.2, 0) is 0 Å². The van der Waals surface area contributed by atoms with Crippen LogP contribution in [0.5, 0.6) is 11.5 Å². The van der Waals surface area contributed by atoms with Crippen LogP contribution in [0, 0.1) is 12.7 Å². The van der Waals surface area contributed by atoms with Gasteiger partial charge in [0.15, 0.2) is 0 Å². The van der Waals surface area contributed by atoms with Gasteiger partial charge in [-0.1, -0.05) is 18.2 Å². The van der Waals surface area contributed by atoms with Crippen LogP contribution in [0.15, 0.2) is 53.0 Å². The van der Waals surface area contributed by atoms with E-state index in [0.717, 1.165) is 16.6 Å². The first-order chi connectivity index (χ1) is 9.63. The molecule has 4 heteroatoms. The summed E-state index contributed by atoms with van der Waals surface area (Å²) in [7, 11) is 0. The summed E-state index contributed by atoms with van der Waals surface area (Å²) >= 11 is 3.29. The van der Waals surface area contributed by atoms with Crippen LogP contribution < -0.4 is 4.74 Å². The second kappa shape index (κ2) is 5.21. The van der Waals surface area contributed by atoms with E-state index in [1.807, 2.05) is 37.3 Å². The van der Waals surface area contributed by atoms with E-state index in [0.29, 0.717) is 16.0 Å². The number of ether oxygens (including phenoxy) is 1. The van der Waals surface area contributed by atoms with Gasteiger partial charge in [0.1, 0.15) is 17.3 Å². The van der Waals surface area contributed by atoms with E-state index in [2.05, 4.69) is 20.9 Å². The third-order valence-corrected chi connectivity index (χ3v) is 3.60. The number of hydrogen-bond donors (Lipinski definition) is 0. The quantitative estimate of drug-likeness (QED) is 0.640. The summed E-state index contributed by atoms with van der Waals surface area (Å²) in [4.78, 5) is 4.50. The summed E-state index contributed by atoms with van der Waals surface area (Å²) in [5.74, 6) is 0.917. The average molecular weight is 332 g/mol. The molecule has 2 aromatic carbocycles. The van der Waals surface area contributed by atoms with Crippen molar-refractivity contribution in [3.05, 3.63) is 64.5 Å². The number of aryl methyl sites for hydroxylation is 1. The minimum Gasteiger partial charge on any atom is -0.454 e. The molecule has 0 unspecified atom stereocenters. The van der Waals surface area contributed by atoms with E-state index in [1.54, 1.807) is 6.07 Å². The standard InChI is InChI=1S/C16H11BrFNO/c1-10-16(8-11-4-2-3-5-14(11)19-10)20-15-7-6-12(18)9-13(15)17/h2-9H,1H3. The molecule has 2 nitrogen and oxygen atoms in total. The van der Waals surface area contributed by atoms with Gasteiger partial charge < -0.3 is 4.74 Å². The van der Waals surface area contributed by atoms with Crippen molar-refractivity contribution in [2.75, 3.05) is 0 Å². The fraction of sp³-hybridized carbons (Fsp3) is 0.0625. The van der Waals surface area contributed by atoms with Crippen LogP contribution in [0.1, 0.15) is 5.69 Å². The number of rotatable bonds is 2. The van der Waals surface area contributed by atoms with E-state index in [4.69, 9.17) is 4.74 Å². The number of fused-ring (bicyclic) bond motifs is 1. The molecule has 0 aliphatic carbocycles. The van der Waals surface area contributed by atoms with Gasteiger partial charge in [-0.2, -0.15) is 0 Å². The van der Waals surface area contributed by atoms with E-state index in [-0.39, 0.29) is 5.82 Å². The molecule has 0 saturated carbocycles. The largest absolute Gasteiger partial charge is 0.454 e. The van der Waals surface area contributed by atoms with Crippen molar-refractivity contribution in [1.29, 1.82) is 0 Å². The minimum atomic E-state index is -0.308. The number of nitrogens with zero attached hydrogens (tertiary/aromatic N) is 1. The molecule has 0 aliphatic rings. The summed E-state index contributed by atoms with van der Waals surface area (Å²) < 4.78 is 19.5. The van der Waals surface area contributed by atoms with Gasteiger partial charge in [0.2, 0.25) is 0 Å². The van der Waals surface area contributed by atoms with Gasteiger partial charge in [0.25, 0.3) is 0 Å². The second-order valence-corrected chi connectivity index (χ2v) is 5.30. The molecule has 0 bridgehead atoms. The predicted octanol–water partition coefficient (Wildman–Crippen LogP) is 5.24. The number of para-hydroxylation sites is 1. The van der Waals surface area contributed by atoms with Gasteiger partial charge in [0, 0.05) is 5.39 Å². The molecule has 100 valence electrons. The highest BCUT2D eigenvalue weighted by Gasteiger charge is 2.08. The van der Waals surface area contributed by atoms with Gasteiger partial charge in [-0.25, -0.2) is 9.37 Å². The number of aromatic nitrogens is 1. The zero-order valence-electron chi connectivity index (χ0n) is 10.7. The molecule has 0 radical (unpaired) electrons. The predicted molar refractivity (Wildman–Crippen MR) is 80.7 cm³/mol. The van der Waals surface area contributed by atoms with Crippen molar-refractivity contribution in [1.82, 2.24) is 4.98 Å². The van der Waals surface area contributed by atoms with Crippen molar-refractivity contribution < 1.29 is 9.13 Å². The fourth-order valence-electron chi connectivity index (χ4n) is 1.97. The SMILES string of the molecule is Cc1nc2ccccc2cc1Oc1ccc(F)cc1Br. The van der Waals surface area contributed by atoms with Gasteiger partial charge in [-0.15, -0.1) is 0 Å². The van der Waals surface area contributed by atoms with Crippen molar-refractivity contribution in [3.8, 4) is 11.5 Å². The lowest BCUT2D eigenvalue weighted by atomic mass is 10.2. The third kappa shape index (κ3) is 2.51. The molecule has 3 rings (SSSR count). The molecule has 0 spiro atoms. The molecule has 20 heavy (non-hydrogen) atoms. The Labute approximate surface area is 124 Å². The van der Waals surface area contributed by atoms with Crippen molar-refractivity contribution in [2.24, 2.45) is 0 Å². The zero-order valence-corrected chi connectivity index (χ0v) is 12.3. The maximum atomic E-state index is 13.1. The fourth-order valence-corrected chi connectivity index (χ4v) is 2.40. The monoisotopic (exact) mass is 331 g/mol. The Morgan fingerprint density at radius 1 is 1.05 bits per heavy atom. The number of halogens is 2. The molecule has 0 fully saturated rings. The average Bonchev–Trinajstić information content (AvgIpc) is 2.42. The molecule has 0 N–H and O–H groups in total. The van der Waals surface area contributed by atoms with E-state index in [9.17, 15) is 4.39 Å². The highest BCUT2D eigenvalue weighted by atomic mass is 79.9. The summed E-state index contributed by atoms with van der Waals surface area (Å²) in [6.07, 6.45) is 0. The van der Waals surface area contributed by atoms with Crippen LogP contribution >= 0.6 is 15.9 Å². The highest BCUT2D eigenvalue weighted by molar-refractivity contribution is 9.10. The summed E-state index contributed by atoms with van der Waals surface area (Å²) in [5.41, 5.74) is 1.72. The molecule has 1 aromatic heterocycles. The van der Waals surface area contributed by atoms with E-state index in [1.165, 1.54) is 12.1 Å². The van der Waals surface area contributed by atoms with Crippen molar-refractivity contribution in [3.63, 3.8) is 0 Å². The van der Waals surface area contributed by atoms with Gasteiger partial charge in [-0.3, -0.25) is 0 Å². The van der Waals surface area contributed by atoms with E-state index < -0.39 is 0 Å². The Bertz CT molecular complexity index is 789. The topological polar surface area (TPSA) is 22.1 Å². The summed E-state index contributed by atoms with van der Waals surface area (Å²) in [6, 6.07) is 14.1. The maximum Gasteiger partial charge on any atom is 0.149 e. The Hall–Kier alpha value is -1.94. The lowest BCUT2D eigenvalue weighted by molar-refractivity contribution is 0.472. The van der Waals surface area contributed by atoms with Crippen LogP contribution in [0.25, 0.3) is 10.9 Å². The van der Waals surface area contributed by atoms with Crippen molar-refractivity contribution in [2.45, 2.75) is 6.92 Å². The van der Waals surface area contributed by atoms with Gasteiger partial charge in [0.05, 0.1) is 15.7 Å². The second-order valence-electron chi connectivity index (χ2n) is 4.44. The number of pyridine rings is 1. The first kappa shape index (κ1) is 13.1. The molecule has 0 saturated heterocycles. The number of benzene rings is 2. The summed E-state index contributed by atoms with van der Waals surface area (Å²) in [5, 5.41) is 1.01. The molecule has 0 atom stereocenters. The maximum absolute atomic E-state index is 13.1. The zero-order chi connectivity index (χ0) is 14.1. The Kier molecular flexibility index (Phi) is 3.40.